The number of hydrogen-bond donors (Lipinski definition) is 2. The number of nitrogens with two attached hydrogens (primary N) is 1. The molecule has 0 saturated carbocycles. The second-order valence-corrected chi connectivity index (χ2v) is 6.59. The van der Waals surface area contributed by atoms with Gasteiger partial charge in [-0.05, 0) is 50.1 Å². The lowest BCUT2D eigenvalue weighted by molar-refractivity contribution is 0.600. The minimum absolute atomic E-state index is 0.241. The number of sulfonamides is 1. The van der Waals surface area contributed by atoms with Crippen LogP contribution < -0.4 is 10.5 Å². The lowest BCUT2D eigenvalue weighted by atomic mass is 10.1. The third-order valence-corrected chi connectivity index (χ3v) is 4.89. The molecule has 0 bridgehead atoms. The van der Waals surface area contributed by atoms with Crippen molar-refractivity contribution in [1.82, 2.24) is 4.98 Å². The Morgan fingerprint density at radius 1 is 1.14 bits per heavy atom. The van der Waals surface area contributed by atoms with Crippen LogP contribution in [0.4, 0.5) is 5.69 Å². The monoisotopic (exact) mass is 305 g/mol. The molecule has 0 saturated heterocycles. The van der Waals surface area contributed by atoms with Gasteiger partial charge in [0.25, 0.3) is 10.0 Å². The second kappa shape index (κ2) is 5.83. The fourth-order valence-corrected chi connectivity index (χ4v) is 3.57. The Balaban J connectivity index is 2.43. The zero-order chi connectivity index (χ0) is 15.6. The van der Waals surface area contributed by atoms with Gasteiger partial charge in [0.1, 0.15) is 0 Å². The molecule has 0 aliphatic heterocycles. The Morgan fingerprint density at radius 3 is 2.48 bits per heavy atom. The molecule has 1 heterocycles. The number of pyridine rings is 1. The number of aryl methyl sites for hydroxylation is 2. The van der Waals surface area contributed by atoms with Gasteiger partial charge in [-0.3, -0.25) is 9.71 Å². The Hall–Kier alpha value is -1.92. The summed E-state index contributed by atoms with van der Waals surface area (Å²) in [5, 5.41) is 0. The minimum Gasteiger partial charge on any atom is -0.326 e. The first kappa shape index (κ1) is 15.5. The van der Waals surface area contributed by atoms with E-state index in [1.54, 1.807) is 38.1 Å². The maximum absolute atomic E-state index is 12.5. The number of hydrogen-bond acceptors (Lipinski definition) is 4. The van der Waals surface area contributed by atoms with Gasteiger partial charge in [0, 0.05) is 12.2 Å². The highest BCUT2D eigenvalue weighted by molar-refractivity contribution is 7.92. The lowest BCUT2D eigenvalue weighted by Gasteiger charge is -2.14. The molecule has 0 amide bonds. The van der Waals surface area contributed by atoms with Crippen molar-refractivity contribution in [2.24, 2.45) is 5.73 Å². The Morgan fingerprint density at radius 2 is 1.86 bits per heavy atom. The fraction of sp³-hybridized carbons (Fsp3) is 0.267. The van der Waals surface area contributed by atoms with E-state index in [4.69, 9.17) is 5.73 Å². The van der Waals surface area contributed by atoms with Crippen LogP contribution in [0.1, 0.15) is 22.5 Å². The topological polar surface area (TPSA) is 85.1 Å². The molecule has 21 heavy (non-hydrogen) atoms. The first-order valence-corrected chi connectivity index (χ1v) is 8.09. The number of anilines is 1. The van der Waals surface area contributed by atoms with Crippen LogP contribution in [0.3, 0.4) is 0 Å². The molecule has 3 N–H and O–H groups in total. The molecule has 0 spiro atoms. The summed E-state index contributed by atoms with van der Waals surface area (Å²) >= 11 is 0. The lowest BCUT2D eigenvalue weighted by Crippen LogP contribution is -2.16. The highest BCUT2D eigenvalue weighted by Crippen LogP contribution is 2.23. The van der Waals surface area contributed by atoms with Crippen molar-refractivity contribution >= 4 is 15.7 Å². The number of rotatable bonds is 4. The van der Waals surface area contributed by atoms with Gasteiger partial charge in [-0.1, -0.05) is 12.1 Å². The number of benzene rings is 1. The highest BCUT2D eigenvalue weighted by atomic mass is 32.2. The molecule has 2 rings (SSSR count). The van der Waals surface area contributed by atoms with Gasteiger partial charge in [-0.25, -0.2) is 8.42 Å². The number of nitrogens with zero attached hydrogens (tertiary/aromatic N) is 1. The number of nitrogens with one attached hydrogen (secondary N) is 1. The van der Waals surface area contributed by atoms with Gasteiger partial charge in [0.15, 0.2) is 0 Å². The molecule has 0 atom stereocenters. The van der Waals surface area contributed by atoms with E-state index in [0.29, 0.717) is 23.5 Å². The first-order chi connectivity index (χ1) is 9.85. The normalized spacial score (nSPS) is 11.4. The summed E-state index contributed by atoms with van der Waals surface area (Å²) in [6.45, 7) is 5.70. The van der Waals surface area contributed by atoms with Crippen LogP contribution >= 0.6 is 0 Å². The molecule has 2 aromatic rings. The summed E-state index contributed by atoms with van der Waals surface area (Å²) in [7, 11) is -3.66. The minimum atomic E-state index is -3.66. The summed E-state index contributed by atoms with van der Waals surface area (Å²) < 4.78 is 27.7. The van der Waals surface area contributed by atoms with E-state index < -0.39 is 10.0 Å². The fourth-order valence-electron chi connectivity index (χ4n) is 2.17. The van der Waals surface area contributed by atoms with Crippen LogP contribution in [0.5, 0.6) is 0 Å². The SMILES string of the molecule is Cc1ccc(NS(=O)(=O)c2cccc(CN)c2C)c(C)n1. The molecule has 1 aromatic carbocycles. The third-order valence-electron chi connectivity index (χ3n) is 3.38. The van der Waals surface area contributed by atoms with Crippen LogP contribution in [0.15, 0.2) is 35.2 Å². The molecule has 0 aliphatic carbocycles. The van der Waals surface area contributed by atoms with E-state index in [9.17, 15) is 8.42 Å². The van der Waals surface area contributed by atoms with Gasteiger partial charge in [-0.15, -0.1) is 0 Å². The highest BCUT2D eigenvalue weighted by Gasteiger charge is 2.19. The van der Waals surface area contributed by atoms with Crippen LogP contribution in [-0.2, 0) is 16.6 Å². The molecule has 0 radical (unpaired) electrons. The molecule has 112 valence electrons. The van der Waals surface area contributed by atoms with Gasteiger partial charge < -0.3 is 5.73 Å². The van der Waals surface area contributed by atoms with E-state index in [1.165, 1.54) is 0 Å². The van der Waals surface area contributed by atoms with Crippen molar-refractivity contribution in [1.29, 1.82) is 0 Å². The van der Waals surface area contributed by atoms with E-state index in [2.05, 4.69) is 9.71 Å². The second-order valence-electron chi connectivity index (χ2n) is 4.94. The zero-order valence-electron chi connectivity index (χ0n) is 12.3. The van der Waals surface area contributed by atoms with E-state index in [1.807, 2.05) is 13.0 Å². The maximum atomic E-state index is 12.5. The number of aromatic nitrogens is 1. The molecule has 6 heteroatoms. The Kier molecular flexibility index (Phi) is 4.29. The standard InChI is InChI=1S/C15H19N3O2S/c1-10-7-8-14(12(3)17-10)18-21(19,20)15-6-4-5-13(9-16)11(15)2/h4-8,18H,9,16H2,1-3H3. The Labute approximate surface area is 125 Å². The smallest absolute Gasteiger partial charge is 0.262 e. The summed E-state index contributed by atoms with van der Waals surface area (Å²) in [5.41, 5.74) is 9.09. The van der Waals surface area contributed by atoms with Crippen LogP contribution in [0.25, 0.3) is 0 Å². The zero-order valence-corrected chi connectivity index (χ0v) is 13.2. The van der Waals surface area contributed by atoms with Gasteiger partial charge >= 0.3 is 0 Å². The summed E-state index contributed by atoms with van der Waals surface area (Å²) in [4.78, 5) is 4.50. The average Bonchev–Trinajstić information content (AvgIpc) is 2.42. The molecular weight excluding hydrogens is 286 g/mol. The molecule has 0 fully saturated rings. The van der Waals surface area contributed by atoms with Crippen molar-refractivity contribution in [2.75, 3.05) is 4.72 Å². The molecular formula is C15H19N3O2S. The van der Waals surface area contributed by atoms with Crippen molar-refractivity contribution in [2.45, 2.75) is 32.2 Å². The first-order valence-electron chi connectivity index (χ1n) is 6.61. The quantitative estimate of drug-likeness (QED) is 0.907. The van der Waals surface area contributed by atoms with Gasteiger partial charge in [0.05, 0.1) is 16.3 Å². The predicted octanol–water partition coefficient (Wildman–Crippen LogP) is 2.27. The molecule has 5 nitrogen and oxygen atoms in total. The summed E-state index contributed by atoms with van der Waals surface area (Å²) in [6, 6.07) is 8.59. The van der Waals surface area contributed by atoms with Crippen molar-refractivity contribution < 1.29 is 8.42 Å². The molecule has 1 aromatic heterocycles. The van der Waals surface area contributed by atoms with Gasteiger partial charge in [-0.2, -0.15) is 0 Å². The summed E-state index contributed by atoms with van der Waals surface area (Å²) in [6.07, 6.45) is 0. The summed E-state index contributed by atoms with van der Waals surface area (Å²) in [5.74, 6) is 0. The third kappa shape index (κ3) is 3.22. The largest absolute Gasteiger partial charge is 0.326 e. The van der Waals surface area contributed by atoms with Crippen LogP contribution in [0.2, 0.25) is 0 Å². The predicted molar refractivity (Wildman–Crippen MR) is 83.6 cm³/mol. The maximum Gasteiger partial charge on any atom is 0.262 e. The van der Waals surface area contributed by atoms with Crippen molar-refractivity contribution in [3.8, 4) is 0 Å². The van der Waals surface area contributed by atoms with Crippen LogP contribution in [0, 0.1) is 20.8 Å². The van der Waals surface area contributed by atoms with E-state index >= 15 is 0 Å². The molecule has 0 aliphatic rings. The Bertz CT molecular complexity index is 770. The molecule has 0 unspecified atom stereocenters. The average molecular weight is 305 g/mol. The van der Waals surface area contributed by atoms with E-state index in [-0.39, 0.29) is 4.90 Å². The van der Waals surface area contributed by atoms with Crippen molar-refractivity contribution in [3.05, 3.63) is 52.8 Å². The van der Waals surface area contributed by atoms with E-state index in [0.717, 1.165) is 11.3 Å². The van der Waals surface area contributed by atoms with Crippen molar-refractivity contribution in [3.63, 3.8) is 0 Å². The van der Waals surface area contributed by atoms with Gasteiger partial charge in [0.2, 0.25) is 0 Å². The van der Waals surface area contributed by atoms with Crippen LogP contribution in [-0.4, -0.2) is 13.4 Å².